The average molecular weight is 278 g/mol. The molecule has 0 atom stereocenters. The van der Waals surface area contributed by atoms with Gasteiger partial charge in [-0.3, -0.25) is 14.4 Å². The zero-order chi connectivity index (χ0) is 14.8. The van der Waals surface area contributed by atoms with Crippen LogP contribution in [0.4, 0.5) is 5.69 Å². The number of aromatic nitrogens is 1. The van der Waals surface area contributed by atoms with Crippen molar-refractivity contribution < 1.29 is 14.7 Å². The van der Waals surface area contributed by atoms with Gasteiger partial charge >= 0.3 is 5.97 Å². The molecule has 2 rings (SSSR count). The van der Waals surface area contributed by atoms with Crippen LogP contribution >= 0.6 is 0 Å². The summed E-state index contributed by atoms with van der Waals surface area (Å²) in [6.07, 6.45) is 3.48. The highest BCUT2D eigenvalue weighted by Crippen LogP contribution is 2.44. The Morgan fingerprint density at radius 2 is 2.10 bits per heavy atom. The van der Waals surface area contributed by atoms with Crippen LogP contribution in [0, 0.1) is 5.41 Å². The second-order valence-electron chi connectivity index (χ2n) is 5.21. The second kappa shape index (κ2) is 5.48. The zero-order valence-electron chi connectivity index (χ0n) is 11.4. The molecule has 1 aliphatic carbocycles. The van der Waals surface area contributed by atoms with Crippen LogP contribution < -0.4 is 10.9 Å². The SMILES string of the molecule is CCn1cc(NC(=O)CC2(C(=O)O)CCC2)ccc1=O. The molecule has 0 spiro atoms. The third-order valence-corrected chi connectivity index (χ3v) is 3.87. The first kappa shape index (κ1) is 14.3. The number of hydrogen-bond acceptors (Lipinski definition) is 3. The van der Waals surface area contributed by atoms with Crippen LogP contribution in [0.2, 0.25) is 0 Å². The van der Waals surface area contributed by atoms with Gasteiger partial charge in [-0.1, -0.05) is 6.42 Å². The molecule has 0 aliphatic heterocycles. The van der Waals surface area contributed by atoms with E-state index in [9.17, 15) is 19.5 Å². The molecular formula is C14H18N2O4. The van der Waals surface area contributed by atoms with Crippen molar-refractivity contribution in [3.8, 4) is 0 Å². The Kier molecular flexibility index (Phi) is 3.92. The number of amides is 1. The molecule has 1 heterocycles. The minimum atomic E-state index is -0.905. The van der Waals surface area contributed by atoms with E-state index in [4.69, 9.17) is 0 Å². The highest BCUT2D eigenvalue weighted by molar-refractivity contribution is 5.94. The number of carboxylic acid groups (broad SMARTS) is 1. The minimum absolute atomic E-state index is 0.0203. The molecule has 1 aromatic rings. The fourth-order valence-corrected chi connectivity index (χ4v) is 2.43. The van der Waals surface area contributed by atoms with Crippen molar-refractivity contribution in [3.05, 3.63) is 28.7 Å². The van der Waals surface area contributed by atoms with Crippen molar-refractivity contribution in [3.63, 3.8) is 0 Å². The van der Waals surface area contributed by atoms with E-state index in [2.05, 4.69) is 5.32 Å². The summed E-state index contributed by atoms with van der Waals surface area (Å²) in [4.78, 5) is 34.6. The quantitative estimate of drug-likeness (QED) is 0.853. The molecule has 0 aromatic carbocycles. The van der Waals surface area contributed by atoms with E-state index in [1.54, 1.807) is 6.20 Å². The van der Waals surface area contributed by atoms with Crippen LogP contribution in [-0.2, 0) is 16.1 Å². The number of nitrogens with one attached hydrogen (secondary N) is 1. The monoisotopic (exact) mass is 278 g/mol. The molecule has 0 saturated heterocycles. The summed E-state index contributed by atoms with van der Waals surface area (Å²) in [5, 5.41) is 11.9. The number of rotatable bonds is 5. The van der Waals surface area contributed by atoms with Gasteiger partial charge < -0.3 is 15.0 Å². The molecule has 0 bridgehead atoms. The van der Waals surface area contributed by atoms with Crippen LogP contribution in [-0.4, -0.2) is 21.6 Å². The first-order chi connectivity index (χ1) is 9.47. The molecule has 0 radical (unpaired) electrons. The molecule has 6 nitrogen and oxygen atoms in total. The lowest BCUT2D eigenvalue weighted by molar-refractivity contribution is -0.157. The van der Waals surface area contributed by atoms with Gasteiger partial charge in [0.25, 0.3) is 5.56 Å². The first-order valence-corrected chi connectivity index (χ1v) is 6.70. The third-order valence-electron chi connectivity index (χ3n) is 3.87. The molecular weight excluding hydrogens is 260 g/mol. The van der Waals surface area contributed by atoms with Gasteiger partial charge in [0.1, 0.15) is 0 Å². The number of hydrogen-bond donors (Lipinski definition) is 2. The Labute approximate surface area is 116 Å². The van der Waals surface area contributed by atoms with Gasteiger partial charge in [-0.05, 0) is 25.8 Å². The molecule has 1 saturated carbocycles. The first-order valence-electron chi connectivity index (χ1n) is 6.70. The number of nitrogens with zero attached hydrogens (tertiary/aromatic N) is 1. The van der Waals surface area contributed by atoms with Crippen molar-refractivity contribution in [1.82, 2.24) is 4.57 Å². The van der Waals surface area contributed by atoms with E-state index >= 15 is 0 Å². The Balaban J connectivity index is 2.05. The van der Waals surface area contributed by atoms with Gasteiger partial charge in [-0.2, -0.15) is 0 Å². The van der Waals surface area contributed by atoms with Crippen molar-refractivity contribution in [1.29, 1.82) is 0 Å². The highest BCUT2D eigenvalue weighted by Gasteiger charge is 2.45. The largest absolute Gasteiger partial charge is 0.481 e. The Bertz CT molecular complexity index is 587. The maximum absolute atomic E-state index is 11.9. The lowest BCUT2D eigenvalue weighted by atomic mass is 9.66. The number of carbonyl (C=O) groups is 2. The fraction of sp³-hybridized carbons (Fsp3) is 0.500. The van der Waals surface area contributed by atoms with E-state index in [1.165, 1.54) is 16.7 Å². The predicted molar refractivity (Wildman–Crippen MR) is 73.5 cm³/mol. The van der Waals surface area contributed by atoms with E-state index < -0.39 is 11.4 Å². The summed E-state index contributed by atoms with van der Waals surface area (Å²) in [5.74, 6) is -1.23. The van der Waals surface area contributed by atoms with Gasteiger partial charge in [-0.15, -0.1) is 0 Å². The zero-order valence-corrected chi connectivity index (χ0v) is 11.4. The summed E-state index contributed by atoms with van der Waals surface area (Å²) in [6.45, 7) is 2.35. The average Bonchev–Trinajstić information content (AvgIpc) is 2.35. The summed E-state index contributed by atoms with van der Waals surface area (Å²) >= 11 is 0. The van der Waals surface area contributed by atoms with Gasteiger partial charge in [-0.25, -0.2) is 0 Å². The van der Waals surface area contributed by atoms with Crippen LogP contribution in [0.15, 0.2) is 23.1 Å². The number of aryl methyl sites for hydroxylation is 1. The van der Waals surface area contributed by atoms with Crippen LogP contribution in [0.25, 0.3) is 0 Å². The Morgan fingerprint density at radius 3 is 2.60 bits per heavy atom. The summed E-state index contributed by atoms with van der Waals surface area (Å²) in [6, 6.07) is 2.91. The molecule has 2 N–H and O–H groups in total. The lowest BCUT2D eigenvalue weighted by Gasteiger charge is -2.36. The second-order valence-corrected chi connectivity index (χ2v) is 5.21. The molecule has 6 heteroatoms. The number of carboxylic acids is 1. The van der Waals surface area contributed by atoms with Crippen molar-refractivity contribution in [2.24, 2.45) is 5.41 Å². The molecule has 1 aliphatic rings. The molecule has 1 amide bonds. The van der Waals surface area contributed by atoms with Crippen molar-refractivity contribution in [2.45, 2.75) is 39.2 Å². The molecule has 0 unspecified atom stereocenters. The van der Waals surface area contributed by atoms with E-state index in [0.717, 1.165) is 6.42 Å². The predicted octanol–water partition coefficient (Wildman–Crippen LogP) is 1.45. The van der Waals surface area contributed by atoms with E-state index in [-0.39, 0.29) is 17.9 Å². The number of anilines is 1. The smallest absolute Gasteiger partial charge is 0.310 e. The molecule has 108 valence electrons. The highest BCUT2D eigenvalue weighted by atomic mass is 16.4. The number of aliphatic carboxylic acids is 1. The Hall–Kier alpha value is -2.11. The summed E-state index contributed by atoms with van der Waals surface area (Å²) in [5.41, 5.74) is -0.522. The maximum atomic E-state index is 11.9. The number of carbonyl (C=O) groups excluding carboxylic acids is 1. The van der Waals surface area contributed by atoms with E-state index in [0.29, 0.717) is 25.1 Å². The van der Waals surface area contributed by atoms with Crippen LogP contribution in [0.1, 0.15) is 32.6 Å². The van der Waals surface area contributed by atoms with E-state index in [1.807, 2.05) is 6.92 Å². The minimum Gasteiger partial charge on any atom is -0.481 e. The fourth-order valence-electron chi connectivity index (χ4n) is 2.43. The van der Waals surface area contributed by atoms with Crippen LogP contribution in [0.3, 0.4) is 0 Å². The summed E-state index contributed by atoms with van der Waals surface area (Å²) in [7, 11) is 0. The van der Waals surface area contributed by atoms with Crippen LogP contribution in [0.5, 0.6) is 0 Å². The molecule has 20 heavy (non-hydrogen) atoms. The summed E-state index contributed by atoms with van der Waals surface area (Å²) < 4.78 is 1.48. The van der Waals surface area contributed by atoms with Gasteiger partial charge in [0.05, 0.1) is 11.1 Å². The standard InChI is InChI=1S/C14H18N2O4/c1-2-16-9-10(4-5-12(16)18)15-11(17)8-14(13(19)20)6-3-7-14/h4-5,9H,2-3,6-8H2,1H3,(H,15,17)(H,19,20). The molecule has 1 aromatic heterocycles. The van der Waals surface area contributed by atoms with Gasteiger partial charge in [0.15, 0.2) is 0 Å². The van der Waals surface area contributed by atoms with Crippen molar-refractivity contribution in [2.75, 3.05) is 5.32 Å². The van der Waals surface area contributed by atoms with Gasteiger partial charge in [0.2, 0.25) is 5.91 Å². The maximum Gasteiger partial charge on any atom is 0.310 e. The third kappa shape index (κ3) is 2.74. The topological polar surface area (TPSA) is 88.4 Å². The Morgan fingerprint density at radius 1 is 1.40 bits per heavy atom. The molecule has 1 fully saturated rings. The van der Waals surface area contributed by atoms with Crippen molar-refractivity contribution >= 4 is 17.6 Å². The lowest BCUT2D eigenvalue weighted by Crippen LogP contribution is -2.41. The number of pyridine rings is 1. The normalized spacial score (nSPS) is 16.2. The van der Waals surface area contributed by atoms with Gasteiger partial charge in [0, 0.05) is 25.2 Å².